The molecule has 3 aromatic rings. The lowest BCUT2D eigenvalue weighted by molar-refractivity contribution is 0.102. The molecule has 1 aliphatic heterocycles. The number of likely N-dealkylation sites (tertiary alicyclic amines) is 1. The van der Waals surface area contributed by atoms with Crippen molar-refractivity contribution in [2.75, 3.05) is 25.5 Å². The molecule has 140 valence electrons. The zero-order chi connectivity index (χ0) is 18.6. The Balaban J connectivity index is 1.42. The molecule has 0 aliphatic carbocycles. The lowest BCUT2D eigenvalue weighted by atomic mass is 10.1. The van der Waals surface area contributed by atoms with Crippen molar-refractivity contribution < 1.29 is 4.79 Å². The molecule has 0 spiro atoms. The molecule has 27 heavy (non-hydrogen) atoms. The highest BCUT2D eigenvalue weighted by molar-refractivity contribution is 6.03. The van der Waals surface area contributed by atoms with Gasteiger partial charge in [0.15, 0.2) is 0 Å². The lowest BCUT2D eigenvalue weighted by Gasteiger charge is -2.29. The number of hydrogen-bond donors (Lipinski definition) is 1. The van der Waals surface area contributed by atoms with Gasteiger partial charge in [-0.1, -0.05) is 30.3 Å². The second kappa shape index (κ2) is 7.75. The van der Waals surface area contributed by atoms with Crippen LogP contribution in [0, 0.1) is 0 Å². The third-order valence-corrected chi connectivity index (χ3v) is 5.03. The molecule has 1 aromatic carbocycles. The smallest absolute Gasteiger partial charge is 0.259 e. The van der Waals surface area contributed by atoms with Gasteiger partial charge < -0.3 is 10.2 Å². The molecular weight excluding hydrogens is 340 g/mol. The number of nitrogens with one attached hydrogen (secondary N) is 1. The third kappa shape index (κ3) is 4.09. The molecular formula is C20H24N6O. The molecule has 7 heteroatoms. The Bertz CT molecular complexity index is 892. The van der Waals surface area contributed by atoms with Gasteiger partial charge in [0.2, 0.25) is 0 Å². The van der Waals surface area contributed by atoms with Crippen LogP contribution in [-0.2, 0) is 6.54 Å². The van der Waals surface area contributed by atoms with Gasteiger partial charge in [0, 0.05) is 12.3 Å². The minimum atomic E-state index is -0.163. The second-order valence-electron chi connectivity index (χ2n) is 7.06. The van der Waals surface area contributed by atoms with Crippen LogP contribution in [0.2, 0.25) is 0 Å². The minimum Gasteiger partial charge on any atom is -0.307 e. The number of piperidine rings is 1. The van der Waals surface area contributed by atoms with Crippen molar-refractivity contribution in [3.05, 3.63) is 66.1 Å². The molecule has 0 saturated carbocycles. The van der Waals surface area contributed by atoms with Gasteiger partial charge >= 0.3 is 0 Å². The number of benzene rings is 1. The molecule has 1 amide bonds. The van der Waals surface area contributed by atoms with Crippen LogP contribution < -0.4 is 5.32 Å². The summed E-state index contributed by atoms with van der Waals surface area (Å²) in [5, 5.41) is 11.7. The maximum absolute atomic E-state index is 12.7. The normalized spacial score (nSPS) is 15.7. The van der Waals surface area contributed by atoms with Crippen LogP contribution in [0.5, 0.6) is 0 Å². The highest BCUT2D eigenvalue weighted by Gasteiger charge is 2.21. The Hall–Kier alpha value is -2.93. The Morgan fingerprint density at radius 2 is 1.93 bits per heavy atom. The number of carbonyl (C=O) groups excluding carboxylic acids is 1. The van der Waals surface area contributed by atoms with E-state index in [0.29, 0.717) is 18.2 Å². The molecule has 3 heterocycles. The van der Waals surface area contributed by atoms with E-state index in [2.05, 4.69) is 27.5 Å². The summed E-state index contributed by atoms with van der Waals surface area (Å²) in [6.07, 6.45) is 7.20. The molecule has 0 atom stereocenters. The van der Waals surface area contributed by atoms with Crippen LogP contribution in [0.15, 0.2) is 55.0 Å². The zero-order valence-corrected chi connectivity index (χ0v) is 15.5. The summed E-state index contributed by atoms with van der Waals surface area (Å²) in [7, 11) is 2.13. The van der Waals surface area contributed by atoms with Gasteiger partial charge in [0.25, 0.3) is 5.91 Å². The Morgan fingerprint density at radius 3 is 2.70 bits per heavy atom. The summed E-state index contributed by atoms with van der Waals surface area (Å²) in [6.45, 7) is 2.73. The van der Waals surface area contributed by atoms with E-state index in [-0.39, 0.29) is 5.91 Å². The molecule has 1 N–H and O–H groups in total. The highest BCUT2D eigenvalue weighted by Crippen LogP contribution is 2.24. The summed E-state index contributed by atoms with van der Waals surface area (Å²) >= 11 is 0. The van der Waals surface area contributed by atoms with Crippen LogP contribution in [0.1, 0.15) is 34.8 Å². The number of amides is 1. The predicted molar refractivity (Wildman–Crippen MR) is 104 cm³/mol. The van der Waals surface area contributed by atoms with Crippen molar-refractivity contribution in [1.29, 1.82) is 0 Å². The summed E-state index contributed by atoms with van der Waals surface area (Å²) in [5.74, 6) is 0.578. The largest absolute Gasteiger partial charge is 0.307 e. The van der Waals surface area contributed by atoms with Crippen LogP contribution in [-0.4, -0.2) is 50.5 Å². The summed E-state index contributed by atoms with van der Waals surface area (Å²) in [6, 6.07) is 12.2. The number of aromatic nitrogens is 4. The van der Waals surface area contributed by atoms with E-state index in [1.807, 2.05) is 41.1 Å². The fourth-order valence-electron chi connectivity index (χ4n) is 3.47. The molecule has 0 unspecified atom stereocenters. The number of nitrogens with zero attached hydrogens (tertiary/aromatic N) is 5. The van der Waals surface area contributed by atoms with Crippen molar-refractivity contribution in [2.45, 2.75) is 25.4 Å². The van der Waals surface area contributed by atoms with Gasteiger partial charge in [-0.05, 0) is 38.5 Å². The quantitative estimate of drug-likeness (QED) is 0.756. The van der Waals surface area contributed by atoms with Gasteiger partial charge in [-0.2, -0.15) is 10.2 Å². The van der Waals surface area contributed by atoms with Gasteiger partial charge in [-0.15, -0.1) is 0 Å². The van der Waals surface area contributed by atoms with E-state index >= 15 is 0 Å². The Labute approximate surface area is 158 Å². The van der Waals surface area contributed by atoms with Crippen molar-refractivity contribution in [3.8, 4) is 0 Å². The first-order valence-corrected chi connectivity index (χ1v) is 9.29. The molecule has 1 saturated heterocycles. The first-order chi connectivity index (χ1) is 13.2. The van der Waals surface area contributed by atoms with Crippen molar-refractivity contribution in [1.82, 2.24) is 24.5 Å². The molecule has 0 radical (unpaired) electrons. The van der Waals surface area contributed by atoms with Crippen LogP contribution in [0.25, 0.3) is 0 Å². The second-order valence-corrected chi connectivity index (χ2v) is 7.06. The van der Waals surface area contributed by atoms with Crippen molar-refractivity contribution >= 4 is 11.7 Å². The molecule has 1 aliphatic rings. The number of carbonyl (C=O) groups is 1. The van der Waals surface area contributed by atoms with Crippen molar-refractivity contribution in [2.24, 2.45) is 0 Å². The first kappa shape index (κ1) is 17.5. The average Bonchev–Trinajstić information content (AvgIpc) is 3.33. The molecule has 2 aromatic heterocycles. The van der Waals surface area contributed by atoms with Gasteiger partial charge in [0.1, 0.15) is 5.82 Å². The SMILES string of the molecule is CN1CCC(n2nccc2NC(=O)c2cnn(Cc3ccccc3)c2)CC1. The van der Waals surface area contributed by atoms with Crippen molar-refractivity contribution in [3.63, 3.8) is 0 Å². The van der Waals surface area contributed by atoms with Gasteiger partial charge in [-0.25, -0.2) is 4.68 Å². The van der Waals surface area contributed by atoms with E-state index in [1.54, 1.807) is 23.3 Å². The lowest BCUT2D eigenvalue weighted by Crippen LogP contribution is -2.32. The van der Waals surface area contributed by atoms with Crippen LogP contribution in [0.3, 0.4) is 0 Å². The maximum atomic E-state index is 12.7. The Morgan fingerprint density at radius 1 is 1.15 bits per heavy atom. The average molecular weight is 364 g/mol. The van der Waals surface area contributed by atoms with Crippen LogP contribution >= 0.6 is 0 Å². The predicted octanol–water partition coefficient (Wildman–Crippen LogP) is 2.65. The molecule has 7 nitrogen and oxygen atoms in total. The van der Waals surface area contributed by atoms with E-state index in [4.69, 9.17) is 0 Å². The first-order valence-electron chi connectivity index (χ1n) is 9.29. The summed E-state index contributed by atoms with van der Waals surface area (Å²) in [4.78, 5) is 15.0. The highest BCUT2D eigenvalue weighted by atomic mass is 16.1. The van der Waals surface area contributed by atoms with E-state index in [0.717, 1.165) is 37.3 Å². The van der Waals surface area contributed by atoms with E-state index in [9.17, 15) is 4.79 Å². The summed E-state index contributed by atoms with van der Waals surface area (Å²) in [5.41, 5.74) is 1.69. The van der Waals surface area contributed by atoms with E-state index < -0.39 is 0 Å². The monoisotopic (exact) mass is 364 g/mol. The Kier molecular flexibility index (Phi) is 5.02. The third-order valence-electron chi connectivity index (χ3n) is 5.03. The minimum absolute atomic E-state index is 0.163. The van der Waals surface area contributed by atoms with E-state index in [1.165, 1.54) is 0 Å². The zero-order valence-electron chi connectivity index (χ0n) is 15.5. The molecule has 1 fully saturated rings. The summed E-state index contributed by atoms with van der Waals surface area (Å²) < 4.78 is 3.72. The van der Waals surface area contributed by atoms with Gasteiger partial charge in [0.05, 0.1) is 30.5 Å². The fraction of sp³-hybridized carbons (Fsp3) is 0.350. The maximum Gasteiger partial charge on any atom is 0.259 e. The van der Waals surface area contributed by atoms with Crippen LogP contribution in [0.4, 0.5) is 5.82 Å². The molecule has 4 rings (SSSR count). The molecule has 0 bridgehead atoms. The number of rotatable bonds is 5. The number of hydrogen-bond acceptors (Lipinski definition) is 4. The number of anilines is 1. The van der Waals surface area contributed by atoms with Gasteiger partial charge in [-0.3, -0.25) is 9.48 Å². The standard InChI is InChI=1S/C20H24N6O/c1-24-11-8-18(9-12-24)26-19(7-10-21-26)23-20(27)17-13-22-25(15-17)14-16-5-3-2-4-6-16/h2-7,10,13,15,18H,8-9,11-12,14H2,1H3,(H,23,27). The fourth-order valence-corrected chi connectivity index (χ4v) is 3.47. The topological polar surface area (TPSA) is 68.0 Å².